The van der Waals surface area contributed by atoms with Crippen LogP contribution >= 0.6 is 0 Å². The van der Waals surface area contributed by atoms with Crippen LogP contribution in [0.15, 0.2) is 84.9 Å². The predicted octanol–water partition coefficient (Wildman–Crippen LogP) is 7.50. The molecule has 2 saturated heterocycles. The molecule has 4 atom stereocenters. The molecule has 0 amide bonds. The second-order valence-corrected chi connectivity index (χ2v) is 10.2. The third-order valence-electron chi connectivity index (χ3n) is 7.79. The molecule has 3 heteroatoms. The van der Waals surface area contributed by atoms with Gasteiger partial charge in [0.25, 0.3) is 0 Å². The van der Waals surface area contributed by atoms with E-state index in [4.69, 9.17) is 9.47 Å². The van der Waals surface area contributed by atoms with Gasteiger partial charge < -0.3 is 14.8 Å². The Balaban J connectivity index is 0.913. The SMILES string of the molecule is c1ccc2cc(C3CCC(CCNCCC4CCC(c5ccc6ccccc6c5)O4)O3)ccc2c1. The third kappa shape index (κ3) is 5.28. The monoisotopic (exact) mass is 465 g/mol. The zero-order valence-corrected chi connectivity index (χ0v) is 20.4. The number of hydrogen-bond acceptors (Lipinski definition) is 3. The molecule has 0 saturated carbocycles. The lowest BCUT2D eigenvalue weighted by Gasteiger charge is -2.16. The van der Waals surface area contributed by atoms with E-state index >= 15 is 0 Å². The van der Waals surface area contributed by atoms with Gasteiger partial charge in [0.2, 0.25) is 0 Å². The van der Waals surface area contributed by atoms with Gasteiger partial charge in [0.15, 0.2) is 0 Å². The van der Waals surface area contributed by atoms with Gasteiger partial charge in [0.1, 0.15) is 0 Å². The Bertz CT molecular complexity index is 1190. The van der Waals surface area contributed by atoms with Crippen LogP contribution in [-0.4, -0.2) is 25.3 Å². The largest absolute Gasteiger partial charge is 0.370 e. The molecular weight excluding hydrogens is 430 g/mol. The molecule has 3 nitrogen and oxygen atoms in total. The number of nitrogens with one attached hydrogen (secondary N) is 1. The van der Waals surface area contributed by atoms with Crippen molar-refractivity contribution in [1.29, 1.82) is 0 Å². The Morgan fingerprint density at radius 2 is 1.00 bits per heavy atom. The molecule has 180 valence electrons. The summed E-state index contributed by atoms with van der Waals surface area (Å²) in [6.07, 6.45) is 7.90. The second kappa shape index (κ2) is 10.5. The van der Waals surface area contributed by atoms with Crippen molar-refractivity contribution < 1.29 is 9.47 Å². The number of fused-ring (bicyclic) bond motifs is 2. The Kier molecular flexibility index (Phi) is 6.81. The smallest absolute Gasteiger partial charge is 0.0829 e. The van der Waals surface area contributed by atoms with Crippen LogP contribution in [0.5, 0.6) is 0 Å². The molecule has 35 heavy (non-hydrogen) atoms. The minimum atomic E-state index is 0.239. The van der Waals surface area contributed by atoms with Gasteiger partial charge in [-0.05, 0) is 96.4 Å². The van der Waals surface area contributed by atoms with Crippen molar-refractivity contribution in [2.45, 2.75) is 62.9 Å². The first-order valence-corrected chi connectivity index (χ1v) is 13.3. The van der Waals surface area contributed by atoms with E-state index in [0.717, 1.165) is 51.6 Å². The van der Waals surface area contributed by atoms with Crippen LogP contribution in [0, 0.1) is 0 Å². The predicted molar refractivity (Wildman–Crippen MR) is 144 cm³/mol. The summed E-state index contributed by atoms with van der Waals surface area (Å²) in [4.78, 5) is 0. The molecule has 2 aliphatic heterocycles. The standard InChI is InChI=1S/C32H35NO2/c1-3-7-25-21-27(11-9-23(25)5-1)31-15-13-29(34-31)17-19-33-20-18-30-14-16-32(35-30)28-12-10-24-6-2-4-8-26(24)22-28/h1-12,21-22,29-33H,13-20H2. The molecule has 6 rings (SSSR count). The van der Waals surface area contributed by atoms with Crippen molar-refractivity contribution >= 4 is 21.5 Å². The fraction of sp³-hybridized carbons (Fsp3) is 0.375. The van der Waals surface area contributed by atoms with Gasteiger partial charge in [-0.2, -0.15) is 0 Å². The first kappa shape index (κ1) is 22.7. The van der Waals surface area contributed by atoms with Crippen LogP contribution in [0.2, 0.25) is 0 Å². The molecule has 0 bridgehead atoms. The van der Waals surface area contributed by atoms with E-state index < -0.39 is 0 Å². The molecule has 2 heterocycles. The number of benzene rings is 4. The molecule has 0 radical (unpaired) electrons. The molecule has 1 N–H and O–H groups in total. The van der Waals surface area contributed by atoms with E-state index in [2.05, 4.69) is 90.2 Å². The zero-order chi connectivity index (χ0) is 23.5. The summed E-state index contributed by atoms with van der Waals surface area (Å²) in [6.45, 7) is 2.02. The van der Waals surface area contributed by atoms with Crippen LogP contribution in [0.3, 0.4) is 0 Å². The second-order valence-electron chi connectivity index (χ2n) is 10.2. The van der Waals surface area contributed by atoms with E-state index in [9.17, 15) is 0 Å². The molecular formula is C32H35NO2. The quantitative estimate of drug-likeness (QED) is 0.273. The van der Waals surface area contributed by atoms with Crippen LogP contribution < -0.4 is 5.32 Å². The summed E-state index contributed by atoms with van der Waals surface area (Å²) < 4.78 is 12.8. The van der Waals surface area contributed by atoms with E-state index in [1.807, 2.05) is 0 Å². The molecule has 4 aromatic rings. The summed E-state index contributed by atoms with van der Waals surface area (Å²) in [7, 11) is 0. The lowest BCUT2D eigenvalue weighted by Crippen LogP contribution is -2.24. The Hall–Kier alpha value is -2.72. The van der Waals surface area contributed by atoms with Gasteiger partial charge in [-0.15, -0.1) is 0 Å². The molecule has 2 aliphatic rings. The topological polar surface area (TPSA) is 30.5 Å². The lowest BCUT2D eigenvalue weighted by atomic mass is 10.0. The Morgan fingerprint density at radius 3 is 1.49 bits per heavy atom. The first-order valence-electron chi connectivity index (χ1n) is 13.3. The summed E-state index contributed by atoms with van der Waals surface area (Å²) in [5.41, 5.74) is 2.64. The molecule has 4 unspecified atom stereocenters. The van der Waals surface area contributed by atoms with E-state index in [1.165, 1.54) is 32.7 Å². The number of rotatable bonds is 8. The Labute approximate surface area is 208 Å². The van der Waals surface area contributed by atoms with E-state index in [-0.39, 0.29) is 12.2 Å². The molecule has 0 aliphatic carbocycles. The van der Waals surface area contributed by atoms with Crippen LogP contribution in [0.1, 0.15) is 61.9 Å². The first-order chi connectivity index (χ1) is 17.3. The van der Waals surface area contributed by atoms with Crippen molar-refractivity contribution in [1.82, 2.24) is 5.32 Å². The normalized spacial score (nSPS) is 24.5. The van der Waals surface area contributed by atoms with Crippen LogP contribution in [-0.2, 0) is 9.47 Å². The van der Waals surface area contributed by atoms with Crippen LogP contribution in [0.4, 0.5) is 0 Å². The highest BCUT2D eigenvalue weighted by molar-refractivity contribution is 5.83. The van der Waals surface area contributed by atoms with Gasteiger partial charge in [0, 0.05) is 0 Å². The zero-order valence-electron chi connectivity index (χ0n) is 20.4. The minimum Gasteiger partial charge on any atom is -0.370 e. The lowest BCUT2D eigenvalue weighted by molar-refractivity contribution is 0.0366. The van der Waals surface area contributed by atoms with Crippen LogP contribution in [0.25, 0.3) is 21.5 Å². The summed E-state index contributed by atoms with van der Waals surface area (Å²) >= 11 is 0. The highest BCUT2D eigenvalue weighted by atomic mass is 16.5. The molecule has 0 spiro atoms. The van der Waals surface area contributed by atoms with Crippen molar-refractivity contribution in [3.05, 3.63) is 96.1 Å². The molecule has 4 aromatic carbocycles. The van der Waals surface area contributed by atoms with Gasteiger partial charge in [0.05, 0.1) is 24.4 Å². The maximum Gasteiger partial charge on any atom is 0.0829 e. The van der Waals surface area contributed by atoms with E-state index in [0.29, 0.717) is 12.2 Å². The van der Waals surface area contributed by atoms with Gasteiger partial charge in [-0.25, -0.2) is 0 Å². The van der Waals surface area contributed by atoms with Crippen molar-refractivity contribution in [2.75, 3.05) is 13.1 Å². The number of hydrogen-bond donors (Lipinski definition) is 1. The summed E-state index contributed by atoms with van der Waals surface area (Å²) in [6, 6.07) is 30.6. The maximum absolute atomic E-state index is 6.41. The van der Waals surface area contributed by atoms with Crippen molar-refractivity contribution in [3.63, 3.8) is 0 Å². The maximum atomic E-state index is 6.41. The molecule has 0 aromatic heterocycles. The van der Waals surface area contributed by atoms with E-state index in [1.54, 1.807) is 0 Å². The van der Waals surface area contributed by atoms with Gasteiger partial charge >= 0.3 is 0 Å². The summed E-state index contributed by atoms with van der Waals surface area (Å²) in [5, 5.41) is 8.83. The average Bonchev–Trinajstić information content (AvgIpc) is 3.58. The molecule has 2 fully saturated rings. The fourth-order valence-corrected chi connectivity index (χ4v) is 5.79. The average molecular weight is 466 g/mol. The third-order valence-corrected chi connectivity index (χ3v) is 7.79. The Morgan fingerprint density at radius 1 is 0.543 bits per heavy atom. The van der Waals surface area contributed by atoms with Gasteiger partial charge in [-0.3, -0.25) is 0 Å². The minimum absolute atomic E-state index is 0.239. The van der Waals surface area contributed by atoms with Crippen molar-refractivity contribution in [2.24, 2.45) is 0 Å². The summed E-state index contributed by atoms with van der Waals surface area (Å²) in [5.74, 6) is 0. The van der Waals surface area contributed by atoms with Crippen molar-refractivity contribution in [3.8, 4) is 0 Å². The number of ether oxygens (including phenoxy) is 2. The fourth-order valence-electron chi connectivity index (χ4n) is 5.79. The highest BCUT2D eigenvalue weighted by Gasteiger charge is 2.27. The van der Waals surface area contributed by atoms with Gasteiger partial charge in [-0.1, -0.05) is 72.8 Å². The highest BCUT2D eigenvalue weighted by Crippen LogP contribution is 2.36.